The van der Waals surface area contributed by atoms with Crippen LogP contribution in [-0.2, 0) is 9.53 Å². The van der Waals surface area contributed by atoms with Gasteiger partial charge in [0.15, 0.2) is 0 Å². The number of ether oxygens (including phenoxy) is 1. The van der Waals surface area contributed by atoms with Gasteiger partial charge in [0.2, 0.25) is 5.91 Å². The third kappa shape index (κ3) is 4.14. The predicted octanol–water partition coefficient (Wildman–Crippen LogP) is 1.77. The van der Waals surface area contributed by atoms with Crippen LogP contribution in [-0.4, -0.2) is 46.7 Å². The van der Waals surface area contributed by atoms with Crippen molar-refractivity contribution >= 4 is 34.8 Å². The lowest BCUT2D eigenvalue weighted by Gasteiger charge is -2.41. The Hall–Kier alpha value is -3.03. The molecular formula is C18H23N5O3. The smallest absolute Gasteiger partial charge is 0.407 e. The summed E-state index contributed by atoms with van der Waals surface area (Å²) >= 11 is 0. The summed E-state index contributed by atoms with van der Waals surface area (Å²) in [5.41, 5.74) is 7.18. The van der Waals surface area contributed by atoms with Crippen molar-refractivity contribution in [1.29, 1.82) is 0 Å². The molecule has 3 heterocycles. The van der Waals surface area contributed by atoms with Crippen LogP contribution in [0.1, 0.15) is 26.3 Å². The fraction of sp³-hybridized carbons (Fsp3) is 0.389. The quantitative estimate of drug-likeness (QED) is 0.722. The Balaban J connectivity index is 1.64. The number of pyridine rings is 1. The van der Waals surface area contributed by atoms with Crippen molar-refractivity contribution in [3.63, 3.8) is 0 Å². The summed E-state index contributed by atoms with van der Waals surface area (Å²) in [4.78, 5) is 32.3. The van der Waals surface area contributed by atoms with Crippen LogP contribution in [0.15, 0.2) is 24.5 Å². The molecule has 138 valence electrons. The van der Waals surface area contributed by atoms with E-state index in [2.05, 4.69) is 20.2 Å². The highest BCUT2D eigenvalue weighted by Gasteiger charge is 2.30. The molecule has 0 unspecified atom stereocenters. The van der Waals surface area contributed by atoms with E-state index in [0.717, 1.165) is 22.3 Å². The molecule has 0 atom stereocenters. The Kier molecular flexibility index (Phi) is 4.58. The summed E-state index contributed by atoms with van der Waals surface area (Å²) in [5, 5.41) is 3.76. The number of carbonyl (C=O) groups excluding carboxylic acids is 2. The molecule has 0 saturated carbocycles. The van der Waals surface area contributed by atoms with Gasteiger partial charge in [-0.05, 0) is 32.9 Å². The average molecular weight is 357 g/mol. The number of nitrogens with one attached hydrogen (secondary N) is 2. The minimum atomic E-state index is -0.508. The number of alkyl carbamates (subject to hydrolysis) is 1. The maximum atomic E-state index is 11.8. The maximum absolute atomic E-state index is 11.8. The van der Waals surface area contributed by atoms with Crippen LogP contribution in [0.3, 0.4) is 0 Å². The van der Waals surface area contributed by atoms with Gasteiger partial charge >= 0.3 is 6.09 Å². The second-order valence-electron chi connectivity index (χ2n) is 7.32. The van der Waals surface area contributed by atoms with Gasteiger partial charge in [0, 0.05) is 36.3 Å². The van der Waals surface area contributed by atoms with E-state index in [1.54, 1.807) is 18.5 Å². The third-order valence-electron chi connectivity index (χ3n) is 3.94. The van der Waals surface area contributed by atoms with Crippen LogP contribution < -0.4 is 16.0 Å². The Morgan fingerprint density at radius 3 is 2.81 bits per heavy atom. The van der Waals surface area contributed by atoms with Crippen LogP contribution in [0, 0.1) is 0 Å². The van der Waals surface area contributed by atoms with Gasteiger partial charge in [-0.1, -0.05) is 0 Å². The topological polar surface area (TPSA) is 113 Å². The first-order chi connectivity index (χ1) is 12.2. The van der Waals surface area contributed by atoms with E-state index < -0.39 is 17.6 Å². The molecule has 0 bridgehead atoms. The first-order valence-corrected chi connectivity index (χ1v) is 8.40. The number of fused-ring (bicyclic) bond motifs is 1. The van der Waals surface area contributed by atoms with E-state index in [-0.39, 0.29) is 6.04 Å². The number of aromatic nitrogens is 2. The second kappa shape index (κ2) is 6.70. The second-order valence-corrected chi connectivity index (χ2v) is 7.32. The van der Waals surface area contributed by atoms with Gasteiger partial charge in [0.25, 0.3) is 0 Å². The van der Waals surface area contributed by atoms with Crippen LogP contribution in [0.4, 0.5) is 10.5 Å². The summed E-state index contributed by atoms with van der Waals surface area (Å²) < 4.78 is 5.26. The first-order valence-electron chi connectivity index (χ1n) is 8.40. The van der Waals surface area contributed by atoms with E-state index in [4.69, 9.17) is 10.5 Å². The zero-order chi connectivity index (χ0) is 18.9. The van der Waals surface area contributed by atoms with Crippen molar-refractivity contribution in [2.24, 2.45) is 5.73 Å². The molecule has 4 N–H and O–H groups in total. The van der Waals surface area contributed by atoms with Crippen molar-refractivity contribution < 1.29 is 14.3 Å². The SMILES string of the molecule is CC(C)(C)OC(=O)NC1CN(c2cnc3[nH]cc(/C=C/C(N)=O)c3c2)C1. The molecule has 1 saturated heterocycles. The van der Waals surface area contributed by atoms with Crippen LogP contribution in [0.25, 0.3) is 17.1 Å². The molecule has 0 aliphatic carbocycles. The van der Waals surface area contributed by atoms with Gasteiger partial charge in [-0.15, -0.1) is 0 Å². The molecule has 2 aromatic heterocycles. The lowest BCUT2D eigenvalue weighted by molar-refractivity contribution is -0.113. The number of H-pyrrole nitrogens is 1. The lowest BCUT2D eigenvalue weighted by atomic mass is 10.1. The van der Waals surface area contributed by atoms with E-state index in [0.29, 0.717) is 13.1 Å². The Morgan fingerprint density at radius 1 is 1.42 bits per heavy atom. The van der Waals surface area contributed by atoms with Crippen LogP contribution in [0.2, 0.25) is 0 Å². The normalized spacial score (nSPS) is 15.3. The summed E-state index contributed by atoms with van der Waals surface area (Å²) in [6, 6.07) is 2.05. The fourth-order valence-electron chi connectivity index (χ4n) is 2.75. The monoisotopic (exact) mass is 357 g/mol. The summed E-state index contributed by atoms with van der Waals surface area (Å²) in [5.74, 6) is -0.498. The maximum Gasteiger partial charge on any atom is 0.407 e. The number of carbonyl (C=O) groups is 2. The summed E-state index contributed by atoms with van der Waals surface area (Å²) in [7, 11) is 0. The Bertz CT molecular complexity index is 859. The minimum absolute atomic E-state index is 0.0426. The highest BCUT2D eigenvalue weighted by molar-refractivity contribution is 5.95. The molecular weight excluding hydrogens is 334 g/mol. The highest BCUT2D eigenvalue weighted by atomic mass is 16.6. The fourth-order valence-corrected chi connectivity index (χ4v) is 2.75. The van der Waals surface area contributed by atoms with Gasteiger partial charge in [0.1, 0.15) is 11.2 Å². The molecule has 26 heavy (non-hydrogen) atoms. The first kappa shape index (κ1) is 17.8. The van der Waals surface area contributed by atoms with Crippen LogP contribution >= 0.6 is 0 Å². The highest BCUT2D eigenvalue weighted by Crippen LogP contribution is 2.26. The number of rotatable bonds is 4. The zero-order valence-corrected chi connectivity index (χ0v) is 15.1. The molecule has 8 heteroatoms. The number of amides is 2. The summed E-state index contributed by atoms with van der Waals surface area (Å²) in [6.45, 7) is 6.87. The standard InChI is InChI=1S/C18H23N5O3/c1-18(2,3)26-17(25)22-12-9-23(10-12)13-6-14-11(4-5-15(19)24)7-20-16(14)21-8-13/h4-8,12H,9-10H2,1-3H3,(H2,19,24)(H,20,21)(H,22,25)/b5-4+. The number of anilines is 1. The molecule has 0 aromatic carbocycles. The van der Waals surface area contributed by atoms with Gasteiger partial charge in [-0.3, -0.25) is 4.79 Å². The van der Waals surface area contributed by atoms with Gasteiger partial charge in [-0.25, -0.2) is 9.78 Å². The number of nitrogens with two attached hydrogens (primary N) is 1. The van der Waals surface area contributed by atoms with Gasteiger partial charge < -0.3 is 25.7 Å². The largest absolute Gasteiger partial charge is 0.444 e. The number of hydrogen-bond donors (Lipinski definition) is 3. The molecule has 3 rings (SSSR count). The van der Waals surface area contributed by atoms with Crippen molar-refractivity contribution in [2.45, 2.75) is 32.4 Å². The predicted molar refractivity (Wildman–Crippen MR) is 99.7 cm³/mol. The number of hydrogen-bond acceptors (Lipinski definition) is 5. The molecule has 2 aromatic rings. The van der Waals surface area contributed by atoms with Crippen LogP contribution in [0.5, 0.6) is 0 Å². The Labute approximate surface area is 151 Å². The number of aromatic amines is 1. The minimum Gasteiger partial charge on any atom is -0.444 e. The molecule has 1 aliphatic rings. The van der Waals surface area contributed by atoms with Crippen molar-refractivity contribution in [3.05, 3.63) is 30.1 Å². The summed E-state index contributed by atoms with van der Waals surface area (Å²) in [6.07, 6.45) is 6.14. The van der Waals surface area contributed by atoms with Gasteiger partial charge in [-0.2, -0.15) is 0 Å². The molecule has 0 radical (unpaired) electrons. The van der Waals surface area contributed by atoms with Crippen molar-refractivity contribution in [1.82, 2.24) is 15.3 Å². The van der Waals surface area contributed by atoms with Crippen molar-refractivity contribution in [2.75, 3.05) is 18.0 Å². The van der Waals surface area contributed by atoms with E-state index in [9.17, 15) is 9.59 Å². The molecule has 1 aliphatic heterocycles. The van der Waals surface area contributed by atoms with Crippen molar-refractivity contribution in [3.8, 4) is 0 Å². The number of nitrogens with zero attached hydrogens (tertiary/aromatic N) is 2. The third-order valence-corrected chi connectivity index (χ3v) is 3.94. The number of primary amides is 1. The average Bonchev–Trinajstić information content (AvgIpc) is 2.88. The molecule has 1 fully saturated rings. The molecule has 0 spiro atoms. The molecule has 8 nitrogen and oxygen atoms in total. The van der Waals surface area contributed by atoms with E-state index >= 15 is 0 Å². The molecule has 2 amide bonds. The zero-order valence-electron chi connectivity index (χ0n) is 15.1. The lowest BCUT2D eigenvalue weighted by Crippen LogP contribution is -2.60. The van der Waals surface area contributed by atoms with Gasteiger partial charge in [0.05, 0.1) is 17.9 Å². The Morgan fingerprint density at radius 2 is 2.15 bits per heavy atom. The van der Waals surface area contributed by atoms with E-state index in [1.807, 2.05) is 26.8 Å². The van der Waals surface area contributed by atoms with E-state index in [1.165, 1.54) is 6.08 Å².